The summed E-state index contributed by atoms with van der Waals surface area (Å²) in [5, 5.41) is 7.04. The maximum absolute atomic E-state index is 12.2. The van der Waals surface area contributed by atoms with Crippen molar-refractivity contribution in [1.29, 1.82) is 0 Å². The van der Waals surface area contributed by atoms with E-state index in [-0.39, 0.29) is 11.5 Å². The van der Waals surface area contributed by atoms with Gasteiger partial charge in [-0.05, 0) is 61.7 Å². The van der Waals surface area contributed by atoms with Crippen molar-refractivity contribution in [3.63, 3.8) is 0 Å². The van der Waals surface area contributed by atoms with E-state index >= 15 is 0 Å². The molecule has 176 valence electrons. The van der Waals surface area contributed by atoms with Crippen molar-refractivity contribution >= 4 is 55.5 Å². The highest BCUT2D eigenvalue weighted by molar-refractivity contribution is 7.86. The molecule has 0 saturated heterocycles. The zero-order valence-electron chi connectivity index (χ0n) is 18.3. The Balaban J connectivity index is 1.28. The Morgan fingerprint density at radius 3 is 2.41 bits per heavy atom. The second kappa shape index (κ2) is 10.9. The lowest BCUT2D eigenvalue weighted by atomic mass is 10.1. The topological polar surface area (TPSA) is 68.3 Å². The minimum Gasteiger partial charge on any atom is -0.332 e. The van der Waals surface area contributed by atoms with Crippen molar-refractivity contribution in [3.05, 3.63) is 93.3 Å². The fourth-order valence-corrected chi connectivity index (χ4v) is 5.20. The van der Waals surface area contributed by atoms with Gasteiger partial charge in [0.2, 0.25) is 0 Å². The summed E-state index contributed by atoms with van der Waals surface area (Å²) in [7, 11) is -3.73. The Kier molecular flexibility index (Phi) is 7.91. The van der Waals surface area contributed by atoms with Crippen molar-refractivity contribution < 1.29 is 12.6 Å². The largest absolute Gasteiger partial charge is 0.332 e. The van der Waals surface area contributed by atoms with Crippen LogP contribution < -0.4 is 5.32 Å². The lowest BCUT2D eigenvalue weighted by Crippen LogP contribution is -2.08. The van der Waals surface area contributed by atoms with E-state index in [1.807, 2.05) is 42.6 Å². The third-order valence-electron chi connectivity index (χ3n) is 5.08. The summed E-state index contributed by atoms with van der Waals surface area (Å²) in [6, 6.07) is 20.0. The van der Waals surface area contributed by atoms with Crippen LogP contribution in [0.2, 0.25) is 10.0 Å². The maximum Gasteiger partial charge on any atom is 0.296 e. The van der Waals surface area contributed by atoms with Crippen molar-refractivity contribution in [1.82, 2.24) is 4.98 Å². The summed E-state index contributed by atoms with van der Waals surface area (Å²) in [5.74, 6) is 0. The molecule has 0 amide bonds. The van der Waals surface area contributed by atoms with Gasteiger partial charge in [0.15, 0.2) is 5.13 Å². The Morgan fingerprint density at radius 1 is 0.971 bits per heavy atom. The van der Waals surface area contributed by atoms with E-state index in [0.717, 1.165) is 33.2 Å². The molecule has 0 saturated carbocycles. The predicted molar refractivity (Wildman–Crippen MR) is 140 cm³/mol. The van der Waals surface area contributed by atoms with Gasteiger partial charge in [0.05, 0.1) is 27.2 Å². The van der Waals surface area contributed by atoms with Crippen LogP contribution in [-0.2, 0) is 20.7 Å². The van der Waals surface area contributed by atoms with E-state index in [4.69, 9.17) is 27.4 Å². The average Bonchev–Trinajstić information content (AvgIpc) is 3.28. The molecule has 1 aromatic heterocycles. The van der Waals surface area contributed by atoms with E-state index in [1.165, 1.54) is 11.3 Å². The zero-order valence-corrected chi connectivity index (χ0v) is 21.4. The van der Waals surface area contributed by atoms with Crippen molar-refractivity contribution in [3.8, 4) is 11.3 Å². The van der Waals surface area contributed by atoms with E-state index < -0.39 is 10.1 Å². The first-order chi connectivity index (χ1) is 16.3. The van der Waals surface area contributed by atoms with Gasteiger partial charge in [-0.25, -0.2) is 4.98 Å². The molecule has 0 atom stereocenters. The molecule has 0 spiro atoms. The van der Waals surface area contributed by atoms with Crippen LogP contribution in [0, 0.1) is 6.92 Å². The van der Waals surface area contributed by atoms with Crippen LogP contribution in [0.3, 0.4) is 0 Å². The van der Waals surface area contributed by atoms with Gasteiger partial charge in [-0.15, -0.1) is 11.3 Å². The lowest BCUT2D eigenvalue weighted by molar-refractivity contribution is 0.312. The first-order valence-corrected chi connectivity index (χ1v) is 13.6. The normalized spacial score (nSPS) is 11.5. The molecule has 4 rings (SSSR count). The Bertz CT molecular complexity index is 1370. The molecule has 1 N–H and O–H groups in total. The van der Waals surface area contributed by atoms with Gasteiger partial charge in [-0.1, -0.05) is 59.1 Å². The monoisotopic (exact) mass is 532 g/mol. The van der Waals surface area contributed by atoms with Crippen LogP contribution in [0.4, 0.5) is 10.8 Å². The second-order valence-corrected chi connectivity index (χ2v) is 11.0. The molecule has 1 heterocycles. The first-order valence-electron chi connectivity index (χ1n) is 10.5. The number of benzene rings is 3. The van der Waals surface area contributed by atoms with Crippen molar-refractivity contribution in [2.24, 2.45) is 0 Å². The zero-order chi connectivity index (χ0) is 24.1. The van der Waals surface area contributed by atoms with Gasteiger partial charge in [-0.3, -0.25) is 4.18 Å². The number of hydrogen-bond acceptors (Lipinski definition) is 6. The second-order valence-electron chi connectivity index (χ2n) is 7.68. The number of anilines is 2. The van der Waals surface area contributed by atoms with Crippen LogP contribution in [0.15, 0.2) is 77.0 Å². The molecule has 0 aliphatic rings. The van der Waals surface area contributed by atoms with Gasteiger partial charge >= 0.3 is 0 Å². The van der Waals surface area contributed by atoms with E-state index in [1.54, 1.807) is 36.4 Å². The molecule has 0 bridgehead atoms. The van der Waals surface area contributed by atoms with Gasteiger partial charge in [0.25, 0.3) is 10.1 Å². The molecular weight excluding hydrogens is 511 g/mol. The number of aromatic nitrogens is 1. The number of thiazole rings is 1. The molecule has 0 aliphatic heterocycles. The molecule has 9 heteroatoms. The van der Waals surface area contributed by atoms with E-state index in [0.29, 0.717) is 22.9 Å². The van der Waals surface area contributed by atoms with Crippen molar-refractivity contribution in [2.75, 3.05) is 11.9 Å². The molecule has 3 aromatic carbocycles. The molecular formula is C25H22Cl2N2O3S2. The SMILES string of the molecule is Cc1ccc(S(=O)(=O)OCCCc2ccc(Nc3nc(-c4ccc(Cl)c(Cl)c4)cs3)cc2)cc1. The Hall–Kier alpha value is -2.42. The summed E-state index contributed by atoms with van der Waals surface area (Å²) in [6.45, 7) is 2.04. The molecule has 0 aliphatic carbocycles. The quantitative estimate of drug-likeness (QED) is 0.178. The predicted octanol–water partition coefficient (Wildman–Crippen LogP) is 7.51. The molecule has 5 nitrogen and oxygen atoms in total. The number of nitrogens with one attached hydrogen (secondary N) is 1. The third kappa shape index (κ3) is 6.37. The summed E-state index contributed by atoms with van der Waals surface area (Å²) in [5.41, 5.74) is 4.73. The minimum absolute atomic E-state index is 0.132. The summed E-state index contributed by atoms with van der Waals surface area (Å²) < 4.78 is 29.7. The number of hydrogen-bond donors (Lipinski definition) is 1. The Labute approximate surface area is 213 Å². The highest BCUT2D eigenvalue weighted by atomic mass is 35.5. The van der Waals surface area contributed by atoms with Crippen LogP contribution in [0.25, 0.3) is 11.3 Å². The van der Waals surface area contributed by atoms with E-state index in [2.05, 4.69) is 10.3 Å². The molecule has 34 heavy (non-hydrogen) atoms. The third-order valence-corrected chi connectivity index (χ3v) is 7.91. The van der Waals surface area contributed by atoms with Gasteiger partial charge in [-0.2, -0.15) is 8.42 Å². The van der Waals surface area contributed by atoms with Crippen LogP contribution in [-0.4, -0.2) is 20.0 Å². The van der Waals surface area contributed by atoms with Gasteiger partial charge in [0, 0.05) is 16.6 Å². The number of aryl methyl sites for hydroxylation is 2. The number of halogens is 2. The molecule has 4 aromatic rings. The standard InChI is InChI=1S/C25H22Cl2N2O3S2/c1-17-4-11-21(12-5-17)34(30,31)32-14-2-3-18-6-9-20(10-7-18)28-25-29-24(16-33-25)19-8-13-22(26)23(27)15-19/h4-13,15-16H,2-3,14H2,1H3,(H,28,29). The van der Waals surface area contributed by atoms with Crippen molar-refractivity contribution in [2.45, 2.75) is 24.7 Å². The Morgan fingerprint density at radius 2 is 1.71 bits per heavy atom. The molecule has 0 radical (unpaired) electrons. The highest BCUT2D eigenvalue weighted by Gasteiger charge is 2.14. The van der Waals surface area contributed by atoms with E-state index in [9.17, 15) is 8.42 Å². The lowest BCUT2D eigenvalue weighted by Gasteiger charge is -2.07. The fraction of sp³-hybridized carbons (Fsp3) is 0.160. The van der Waals surface area contributed by atoms with Gasteiger partial charge in [0.1, 0.15) is 0 Å². The first kappa shape index (κ1) is 24.7. The number of rotatable bonds is 9. The summed E-state index contributed by atoms with van der Waals surface area (Å²) in [4.78, 5) is 4.79. The smallest absolute Gasteiger partial charge is 0.296 e. The van der Waals surface area contributed by atoms with Crippen LogP contribution in [0.1, 0.15) is 17.5 Å². The van der Waals surface area contributed by atoms with Crippen LogP contribution >= 0.6 is 34.5 Å². The van der Waals surface area contributed by atoms with Crippen LogP contribution in [0.5, 0.6) is 0 Å². The van der Waals surface area contributed by atoms with Gasteiger partial charge < -0.3 is 5.32 Å². The molecule has 0 fully saturated rings. The summed E-state index contributed by atoms with van der Waals surface area (Å²) in [6.07, 6.45) is 1.31. The average molecular weight is 534 g/mol. The minimum atomic E-state index is -3.73. The summed E-state index contributed by atoms with van der Waals surface area (Å²) >= 11 is 13.6. The highest BCUT2D eigenvalue weighted by Crippen LogP contribution is 2.31. The molecule has 0 unspecified atom stereocenters. The number of nitrogens with zero attached hydrogens (tertiary/aromatic N) is 1. The maximum atomic E-state index is 12.2. The fourth-order valence-electron chi connectivity index (χ4n) is 3.22.